The van der Waals surface area contributed by atoms with Crippen molar-refractivity contribution in [3.8, 4) is 0 Å². The molecule has 0 radical (unpaired) electrons. The first-order valence-electron chi connectivity index (χ1n) is 6.65. The second-order valence-corrected chi connectivity index (χ2v) is 7.15. The monoisotopic (exact) mass is 300 g/mol. The Morgan fingerprint density at radius 2 is 2.30 bits per heavy atom. The zero-order valence-corrected chi connectivity index (χ0v) is 12.6. The van der Waals surface area contributed by atoms with Gasteiger partial charge in [-0.05, 0) is 31.7 Å². The Labute approximate surface area is 119 Å². The molecular formula is C13H20N2O4S. The second-order valence-electron chi connectivity index (χ2n) is 5.31. The molecule has 0 aliphatic carbocycles. The molecule has 1 aliphatic rings. The molecule has 112 valence electrons. The van der Waals surface area contributed by atoms with E-state index in [1.807, 2.05) is 6.92 Å². The van der Waals surface area contributed by atoms with Gasteiger partial charge in [-0.2, -0.15) is 0 Å². The molecule has 0 aromatic carbocycles. The van der Waals surface area contributed by atoms with Crippen molar-refractivity contribution in [3.63, 3.8) is 0 Å². The highest BCUT2D eigenvalue weighted by Crippen LogP contribution is 2.20. The summed E-state index contributed by atoms with van der Waals surface area (Å²) in [6.07, 6.45) is 4.45. The number of likely N-dealkylation sites (tertiary alicyclic amines) is 1. The van der Waals surface area contributed by atoms with Gasteiger partial charge in [-0.3, -0.25) is 4.79 Å². The summed E-state index contributed by atoms with van der Waals surface area (Å²) >= 11 is 0. The fourth-order valence-corrected chi connectivity index (χ4v) is 2.96. The summed E-state index contributed by atoms with van der Waals surface area (Å²) in [6, 6.07) is 1.76. The molecule has 1 fully saturated rings. The molecule has 6 nitrogen and oxygen atoms in total. The van der Waals surface area contributed by atoms with Gasteiger partial charge < -0.3 is 9.32 Å². The van der Waals surface area contributed by atoms with Gasteiger partial charge in [0.15, 0.2) is 5.76 Å². The highest BCUT2D eigenvalue weighted by atomic mass is 32.2. The Morgan fingerprint density at radius 3 is 2.90 bits per heavy atom. The van der Waals surface area contributed by atoms with E-state index >= 15 is 0 Å². The summed E-state index contributed by atoms with van der Waals surface area (Å²) in [5.74, 6) is 0.413. The van der Waals surface area contributed by atoms with Crippen LogP contribution in [0.4, 0.5) is 0 Å². The number of nitrogens with one attached hydrogen (secondary N) is 1. The first-order chi connectivity index (χ1) is 9.37. The maximum atomic E-state index is 12.3. The molecule has 1 aliphatic heterocycles. The number of carbonyl (C=O) groups excluding carboxylic acids is 1. The van der Waals surface area contributed by atoms with Gasteiger partial charge >= 0.3 is 0 Å². The third kappa shape index (κ3) is 3.83. The summed E-state index contributed by atoms with van der Waals surface area (Å²) in [7, 11) is -3.18. The quantitative estimate of drug-likeness (QED) is 0.899. The average molecular weight is 300 g/mol. The smallest absolute Gasteiger partial charge is 0.289 e. The van der Waals surface area contributed by atoms with Crippen molar-refractivity contribution in [2.45, 2.75) is 19.8 Å². The minimum atomic E-state index is -3.18. The number of carbonyl (C=O) groups is 1. The van der Waals surface area contributed by atoms with Crippen LogP contribution >= 0.6 is 0 Å². The lowest BCUT2D eigenvalue weighted by atomic mass is 9.98. The van der Waals surface area contributed by atoms with E-state index in [1.54, 1.807) is 11.0 Å². The van der Waals surface area contributed by atoms with Crippen molar-refractivity contribution in [3.05, 3.63) is 23.7 Å². The van der Waals surface area contributed by atoms with E-state index in [4.69, 9.17) is 4.42 Å². The van der Waals surface area contributed by atoms with Crippen molar-refractivity contribution in [1.29, 1.82) is 0 Å². The lowest BCUT2D eigenvalue weighted by Crippen LogP contribution is -2.43. The van der Waals surface area contributed by atoms with Gasteiger partial charge in [0.1, 0.15) is 0 Å². The Hall–Kier alpha value is -1.34. The van der Waals surface area contributed by atoms with Gasteiger partial charge in [-0.25, -0.2) is 13.1 Å². The maximum absolute atomic E-state index is 12.3. The largest absolute Gasteiger partial charge is 0.459 e. The number of hydrogen-bond donors (Lipinski definition) is 1. The van der Waals surface area contributed by atoms with Crippen LogP contribution in [0.3, 0.4) is 0 Å². The second kappa shape index (κ2) is 5.97. The van der Waals surface area contributed by atoms with Crippen LogP contribution in [-0.2, 0) is 10.0 Å². The first kappa shape index (κ1) is 15.1. The van der Waals surface area contributed by atoms with Crippen molar-refractivity contribution in [1.82, 2.24) is 9.62 Å². The zero-order chi connectivity index (χ0) is 14.8. The van der Waals surface area contributed by atoms with Gasteiger partial charge in [0.05, 0.1) is 12.5 Å². The predicted octanol–water partition coefficient (Wildman–Crippen LogP) is 0.989. The van der Waals surface area contributed by atoms with Gasteiger partial charge in [0.25, 0.3) is 5.91 Å². The topological polar surface area (TPSA) is 79.6 Å². The van der Waals surface area contributed by atoms with E-state index in [0.717, 1.165) is 24.7 Å². The van der Waals surface area contributed by atoms with Gasteiger partial charge in [0, 0.05) is 25.2 Å². The normalized spacial score (nSPS) is 20.1. The van der Waals surface area contributed by atoms with Crippen LogP contribution in [0.25, 0.3) is 0 Å². The summed E-state index contributed by atoms with van der Waals surface area (Å²) in [6.45, 7) is 3.46. The van der Waals surface area contributed by atoms with E-state index in [9.17, 15) is 13.2 Å². The van der Waals surface area contributed by atoms with E-state index < -0.39 is 10.0 Å². The van der Waals surface area contributed by atoms with Crippen molar-refractivity contribution >= 4 is 15.9 Å². The molecule has 1 aromatic rings. The van der Waals surface area contributed by atoms with Crippen molar-refractivity contribution in [2.75, 3.05) is 25.9 Å². The highest BCUT2D eigenvalue weighted by Gasteiger charge is 2.27. The molecule has 20 heavy (non-hydrogen) atoms. The lowest BCUT2D eigenvalue weighted by Gasteiger charge is -2.32. The zero-order valence-electron chi connectivity index (χ0n) is 11.8. The number of amides is 1. The molecule has 1 saturated heterocycles. The van der Waals surface area contributed by atoms with Crippen LogP contribution in [0.2, 0.25) is 0 Å². The Kier molecular flexibility index (Phi) is 4.49. The van der Waals surface area contributed by atoms with Gasteiger partial charge in [-0.1, -0.05) is 0 Å². The molecule has 1 amide bonds. The SMILES string of the molecule is Cc1ccoc1C(=O)N1CCCC(CNS(C)(=O)=O)C1. The minimum absolute atomic E-state index is 0.114. The fourth-order valence-electron chi connectivity index (χ4n) is 2.42. The summed E-state index contributed by atoms with van der Waals surface area (Å²) < 4.78 is 30.0. The van der Waals surface area contributed by atoms with Crippen LogP contribution in [-0.4, -0.2) is 45.1 Å². The standard InChI is InChI=1S/C13H20N2O4S/c1-10-5-7-19-12(10)13(16)15-6-3-4-11(9-15)8-14-20(2,17)18/h5,7,11,14H,3-4,6,8-9H2,1-2H3. The third-order valence-corrected chi connectivity index (χ3v) is 4.19. The number of aryl methyl sites for hydroxylation is 1. The first-order valence-corrected chi connectivity index (χ1v) is 8.54. The van der Waals surface area contributed by atoms with Crippen LogP contribution in [0.5, 0.6) is 0 Å². The number of furan rings is 1. The number of hydrogen-bond acceptors (Lipinski definition) is 4. The summed E-state index contributed by atoms with van der Waals surface area (Å²) in [5.41, 5.74) is 0.825. The molecule has 1 unspecified atom stereocenters. The van der Waals surface area contributed by atoms with Crippen LogP contribution < -0.4 is 4.72 Å². The number of sulfonamides is 1. The fraction of sp³-hybridized carbons (Fsp3) is 0.615. The summed E-state index contributed by atoms with van der Waals surface area (Å²) in [4.78, 5) is 14.1. The van der Waals surface area contributed by atoms with E-state index in [2.05, 4.69) is 4.72 Å². The molecule has 0 spiro atoms. The van der Waals surface area contributed by atoms with Crippen LogP contribution in [0, 0.1) is 12.8 Å². The van der Waals surface area contributed by atoms with Crippen LogP contribution in [0.1, 0.15) is 29.0 Å². The Morgan fingerprint density at radius 1 is 1.55 bits per heavy atom. The predicted molar refractivity (Wildman–Crippen MR) is 74.9 cm³/mol. The van der Waals surface area contributed by atoms with Gasteiger partial charge in [0.2, 0.25) is 10.0 Å². The van der Waals surface area contributed by atoms with E-state index in [1.165, 1.54) is 6.26 Å². The molecule has 7 heteroatoms. The minimum Gasteiger partial charge on any atom is -0.459 e. The number of piperidine rings is 1. The molecular weight excluding hydrogens is 280 g/mol. The van der Waals surface area contributed by atoms with Crippen molar-refractivity contribution in [2.24, 2.45) is 5.92 Å². The lowest BCUT2D eigenvalue weighted by molar-refractivity contribution is 0.0643. The Bertz CT molecular complexity index is 579. The van der Waals surface area contributed by atoms with E-state index in [-0.39, 0.29) is 11.8 Å². The molecule has 1 atom stereocenters. The van der Waals surface area contributed by atoms with E-state index in [0.29, 0.717) is 25.4 Å². The molecule has 1 N–H and O–H groups in total. The number of rotatable bonds is 4. The number of nitrogens with zero attached hydrogens (tertiary/aromatic N) is 1. The highest BCUT2D eigenvalue weighted by molar-refractivity contribution is 7.88. The molecule has 2 rings (SSSR count). The summed E-state index contributed by atoms with van der Waals surface area (Å²) in [5, 5.41) is 0. The van der Waals surface area contributed by atoms with Crippen molar-refractivity contribution < 1.29 is 17.6 Å². The molecule has 0 saturated carbocycles. The maximum Gasteiger partial charge on any atom is 0.289 e. The average Bonchev–Trinajstić information content (AvgIpc) is 2.81. The molecule has 0 bridgehead atoms. The van der Waals surface area contributed by atoms with Gasteiger partial charge in [-0.15, -0.1) is 0 Å². The van der Waals surface area contributed by atoms with Crippen LogP contribution in [0.15, 0.2) is 16.7 Å². The molecule has 2 heterocycles. The molecule has 1 aromatic heterocycles. The Balaban J connectivity index is 1.97. The third-order valence-electron chi connectivity index (χ3n) is 3.50.